The normalized spacial score (nSPS) is 12.7. The van der Waals surface area contributed by atoms with E-state index in [1.54, 1.807) is 4.13 Å². The van der Waals surface area contributed by atoms with Crippen molar-refractivity contribution in [2.24, 2.45) is 0 Å². The van der Waals surface area contributed by atoms with Crippen LogP contribution in [-0.2, 0) is 20.0 Å². The number of unbranched alkanes of at least 4 members (excludes halogenated alkanes) is 20. The fraction of sp³-hybridized carbons (Fsp3) is 1.00. The largest absolute Gasteiger partial charge is 0.480 e. The van der Waals surface area contributed by atoms with Crippen molar-refractivity contribution in [2.45, 2.75) is 187 Å². The summed E-state index contributed by atoms with van der Waals surface area (Å²) in [5.74, 6) is 0. The van der Waals surface area contributed by atoms with E-state index in [0.29, 0.717) is 0 Å². The highest BCUT2D eigenvalue weighted by Crippen LogP contribution is 2.29. The molecule has 0 unspecified atom stereocenters. The van der Waals surface area contributed by atoms with Gasteiger partial charge in [0.1, 0.15) is 0 Å². The van der Waals surface area contributed by atoms with Crippen LogP contribution in [0.5, 0.6) is 0 Å². The monoisotopic (exact) mass is 692 g/mol. The number of hydrogen-bond donors (Lipinski definition) is 0. The molecule has 0 N–H and O–H groups in total. The quantitative estimate of drug-likeness (QED) is 0.0554. The lowest BCUT2D eigenvalue weighted by molar-refractivity contribution is -0.929. The Balaban J connectivity index is 0. The molecule has 0 fully saturated rings. The molecule has 0 saturated heterocycles. The number of hydrogen-bond acceptors (Lipinski definition) is 4. The number of halogens is 3. The van der Waals surface area contributed by atoms with Crippen molar-refractivity contribution in [2.75, 3.05) is 32.4 Å². The lowest BCUT2D eigenvalue weighted by Gasteiger charge is -2.40. The number of rotatable bonds is 30. The molecule has 0 spiro atoms. The summed E-state index contributed by atoms with van der Waals surface area (Å²) in [4.78, 5) is 0. The van der Waals surface area contributed by atoms with Crippen LogP contribution >= 0.6 is 0 Å². The first kappa shape index (κ1) is 46.7. The zero-order valence-electron chi connectivity index (χ0n) is 29.8. The maximum Gasteiger partial charge on any atom is 0.480 e. The first-order valence-electron chi connectivity index (χ1n) is 18.3. The molecule has 11 heteroatoms. The molecule has 0 rings (SSSR count). The van der Waals surface area contributed by atoms with Crippen LogP contribution in [0, 0.1) is 0 Å². The number of sulfonamides is 2. The van der Waals surface area contributed by atoms with E-state index in [1.807, 2.05) is 0 Å². The molecule has 0 aromatic carbocycles. The summed E-state index contributed by atoms with van der Waals surface area (Å²) >= 11 is 0. The van der Waals surface area contributed by atoms with Crippen LogP contribution in [0.4, 0.5) is 13.2 Å². The van der Waals surface area contributed by atoms with E-state index in [4.69, 9.17) is 0 Å². The molecule has 0 bridgehead atoms. The van der Waals surface area contributed by atoms with Gasteiger partial charge < -0.3 is 8.61 Å². The van der Waals surface area contributed by atoms with E-state index in [1.165, 1.54) is 185 Å². The third-order valence-electron chi connectivity index (χ3n) is 8.47. The summed E-state index contributed by atoms with van der Waals surface area (Å²) in [6.45, 7) is 15.3. The molecule has 6 nitrogen and oxygen atoms in total. The summed E-state index contributed by atoms with van der Waals surface area (Å²) in [6.07, 6.45) is 35.0. The molecule has 0 aromatic rings. The van der Waals surface area contributed by atoms with Crippen molar-refractivity contribution in [3.05, 3.63) is 4.13 Å². The second kappa shape index (κ2) is 28.6. The molecule has 274 valence electrons. The molecule has 0 aliphatic carbocycles. The average molecular weight is 693 g/mol. The third-order valence-corrected chi connectivity index (χ3v) is 10.9. The van der Waals surface area contributed by atoms with Gasteiger partial charge in [0.25, 0.3) is 0 Å². The topological polar surface area (TPSA) is 82.4 Å². The standard InChI is InChI=1S/C32H68N.C2H3F3NO4S2/c1-5-9-13-17-21-25-29-33(30-26-22-18-14-10-6-2,31-27-23-19-15-11-7-3)32-28-24-20-16-12-8-4;1-11(7,8)6-12(9,10)2(3,4)5/h5-32H2,1-4H3;1H3/q+1;-1. The average Bonchev–Trinajstić information content (AvgIpc) is 2.94. The molecule has 0 atom stereocenters. The molecular weight excluding hydrogens is 622 g/mol. The highest BCUT2D eigenvalue weighted by molar-refractivity contribution is 8.12. The van der Waals surface area contributed by atoms with Gasteiger partial charge in [-0.25, -0.2) is 16.8 Å². The van der Waals surface area contributed by atoms with Crippen molar-refractivity contribution in [1.82, 2.24) is 0 Å². The van der Waals surface area contributed by atoms with E-state index >= 15 is 0 Å². The smallest absolute Gasteiger partial charge is 0.429 e. The van der Waals surface area contributed by atoms with Crippen LogP contribution in [0.1, 0.15) is 182 Å². The lowest BCUT2D eigenvalue weighted by atomic mass is 10.0. The second-order valence-corrected chi connectivity index (χ2v) is 16.5. The Morgan fingerprint density at radius 2 is 0.667 bits per heavy atom. The Bertz CT molecular complexity index is 798. The maximum atomic E-state index is 11.4. The molecule has 0 aliphatic heterocycles. The van der Waals surface area contributed by atoms with Crippen LogP contribution in [0.15, 0.2) is 0 Å². The highest BCUT2D eigenvalue weighted by atomic mass is 32.3. The molecule has 0 amide bonds. The van der Waals surface area contributed by atoms with Gasteiger partial charge >= 0.3 is 5.51 Å². The molecule has 45 heavy (non-hydrogen) atoms. The minimum atomic E-state index is -5.92. The molecule has 0 saturated carbocycles. The van der Waals surface area contributed by atoms with Crippen molar-refractivity contribution in [3.63, 3.8) is 0 Å². The summed E-state index contributed by atoms with van der Waals surface area (Å²) < 4.78 is 77.4. The number of alkyl halides is 3. The van der Waals surface area contributed by atoms with Gasteiger partial charge in [-0.2, -0.15) is 13.2 Å². The van der Waals surface area contributed by atoms with Crippen LogP contribution in [0.3, 0.4) is 0 Å². The number of quaternary nitrogens is 1. The maximum absolute atomic E-state index is 11.4. The van der Waals surface area contributed by atoms with E-state index < -0.39 is 25.6 Å². The van der Waals surface area contributed by atoms with Gasteiger partial charge in [-0.05, 0) is 51.4 Å². The summed E-state index contributed by atoms with van der Waals surface area (Å²) in [6, 6.07) is 0. The van der Waals surface area contributed by atoms with Gasteiger partial charge in [0.2, 0.25) is 0 Å². The summed E-state index contributed by atoms with van der Waals surface area (Å²) in [5.41, 5.74) is -5.67. The Morgan fingerprint density at radius 3 is 0.844 bits per heavy atom. The lowest BCUT2D eigenvalue weighted by Crippen LogP contribution is -2.50. The Labute approximate surface area is 277 Å². The minimum Gasteiger partial charge on any atom is -0.429 e. The molecule has 0 aromatic heterocycles. The second-order valence-electron chi connectivity index (χ2n) is 13.0. The van der Waals surface area contributed by atoms with Gasteiger partial charge in [-0.3, -0.25) is 0 Å². The fourth-order valence-corrected chi connectivity index (χ4v) is 7.57. The van der Waals surface area contributed by atoms with Gasteiger partial charge in [-0.1, -0.05) is 130 Å². The summed E-state index contributed by atoms with van der Waals surface area (Å²) in [5, 5.41) is 0. The fourth-order valence-electron chi connectivity index (χ4n) is 5.80. The van der Waals surface area contributed by atoms with Crippen LogP contribution < -0.4 is 0 Å². The van der Waals surface area contributed by atoms with Gasteiger partial charge in [0, 0.05) is 6.26 Å². The van der Waals surface area contributed by atoms with Crippen molar-refractivity contribution in [1.29, 1.82) is 0 Å². The van der Waals surface area contributed by atoms with Crippen molar-refractivity contribution < 1.29 is 34.5 Å². The van der Waals surface area contributed by atoms with Crippen molar-refractivity contribution in [3.8, 4) is 0 Å². The molecule has 0 radical (unpaired) electrons. The predicted octanol–water partition coefficient (Wildman–Crippen LogP) is 11.4. The first-order valence-corrected chi connectivity index (χ1v) is 21.6. The number of nitrogens with zero attached hydrogens (tertiary/aromatic N) is 2. The predicted molar refractivity (Wildman–Crippen MR) is 186 cm³/mol. The van der Waals surface area contributed by atoms with E-state index in [2.05, 4.69) is 27.7 Å². The highest BCUT2D eigenvalue weighted by Gasteiger charge is 2.40. The van der Waals surface area contributed by atoms with Crippen LogP contribution in [0.2, 0.25) is 0 Å². The Kier molecular flexibility index (Phi) is 29.7. The van der Waals surface area contributed by atoms with Gasteiger partial charge in [0.05, 0.1) is 36.2 Å². The summed E-state index contributed by atoms with van der Waals surface area (Å²) in [7, 11) is -10.5. The van der Waals surface area contributed by atoms with E-state index in [0.717, 1.165) is 0 Å². The minimum absolute atomic E-state index is 0.246. The van der Waals surface area contributed by atoms with Crippen LogP contribution in [0.25, 0.3) is 4.13 Å². The van der Waals surface area contributed by atoms with Crippen LogP contribution in [-0.4, -0.2) is 59.3 Å². The molecule has 0 aliphatic rings. The van der Waals surface area contributed by atoms with Gasteiger partial charge in [-0.15, -0.1) is 0 Å². The Morgan fingerprint density at radius 1 is 0.444 bits per heavy atom. The van der Waals surface area contributed by atoms with Gasteiger partial charge in [0.15, 0.2) is 10.0 Å². The SMILES string of the molecule is CCCCCCCC[N+](CCCCCCCC)(CCCCCCCC)CCCCCCCC.CS(=O)(=O)[N-]S(=O)(=O)C(F)(F)F. The Hall–Kier alpha value is -0.390. The molecule has 0 heterocycles. The first-order chi connectivity index (χ1) is 21.2. The van der Waals surface area contributed by atoms with E-state index in [9.17, 15) is 30.0 Å². The zero-order chi connectivity index (χ0) is 34.5. The zero-order valence-corrected chi connectivity index (χ0v) is 31.4. The molecular formula is C34H71F3N2O4S2. The third kappa shape index (κ3) is 29.5. The van der Waals surface area contributed by atoms with E-state index in [-0.39, 0.29) is 6.26 Å². The van der Waals surface area contributed by atoms with Crippen molar-refractivity contribution >= 4 is 20.0 Å².